The summed E-state index contributed by atoms with van der Waals surface area (Å²) in [5.74, 6) is 6.38. The predicted octanol–water partition coefficient (Wildman–Crippen LogP) is 0.255. The van der Waals surface area contributed by atoms with E-state index in [1.54, 1.807) is 6.20 Å². The van der Waals surface area contributed by atoms with Crippen LogP contribution in [0.5, 0.6) is 0 Å². The van der Waals surface area contributed by atoms with Crippen LogP contribution in [0.15, 0.2) is 6.20 Å². The van der Waals surface area contributed by atoms with E-state index in [2.05, 4.69) is 20.7 Å². The number of hydrogen-bond acceptors (Lipinski definition) is 6. The van der Waals surface area contributed by atoms with E-state index in [-0.39, 0.29) is 6.61 Å². The summed E-state index contributed by atoms with van der Waals surface area (Å²) in [4.78, 5) is 8.14. The quantitative estimate of drug-likeness (QED) is 0.306. The van der Waals surface area contributed by atoms with Crippen LogP contribution in [-0.4, -0.2) is 28.2 Å². The fourth-order valence-electron chi connectivity index (χ4n) is 1.13. The van der Waals surface area contributed by atoms with Crippen molar-refractivity contribution in [2.75, 3.05) is 23.9 Å². The second kappa shape index (κ2) is 6.15. The van der Waals surface area contributed by atoms with Crippen molar-refractivity contribution >= 4 is 11.8 Å². The minimum atomic E-state index is 0.222. The molecule has 0 spiro atoms. The third kappa shape index (κ3) is 3.69. The van der Waals surface area contributed by atoms with Gasteiger partial charge in [-0.25, -0.2) is 10.8 Å². The summed E-state index contributed by atoms with van der Waals surface area (Å²) in [7, 11) is 0. The van der Waals surface area contributed by atoms with E-state index in [1.165, 1.54) is 0 Å². The highest BCUT2D eigenvalue weighted by Gasteiger charge is 2.01. The maximum Gasteiger partial charge on any atom is 0.239 e. The smallest absolute Gasteiger partial charge is 0.239 e. The molecule has 0 fully saturated rings. The summed E-state index contributed by atoms with van der Waals surface area (Å²) in [5, 5.41) is 11.8. The zero-order valence-electron chi connectivity index (χ0n) is 8.82. The van der Waals surface area contributed by atoms with Crippen LogP contribution in [0.4, 0.5) is 11.8 Å². The van der Waals surface area contributed by atoms with E-state index >= 15 is 0 Å². The van der Waals surface area contributed by atoms with Gasteiger partial charge < -0.3 is 10.4 Å². The first-order chi connectivity index (χ1) is 7.27. The maximum absolute atomic E-state index is 8.62. The predicted molar refractivity (Wildman–Crippen MR) is 59.4 cm³/mol. The molecule has 1 aromatic heterocycles. The minimum absolute atomic E-state index is 0.222. The second-order valence-electron chi connectivity index (χ2n) is 3.23. The third-order valence-corrected chi connectivity index (χ3v) is 1.98. The van der Waals surface area contributed by atoms with Crippen molar-refractivity contribution < 1.29 is 5.11 Å². The number of hydrogen-bond donors (Lipinski definition) is 4. The fraction of sp³-hybridized carbons (Fsp3) is 0.556. The molecule has 0 aliphatic rings. The van der Waals surface area contributed by atoms with E-state index in [9.17, 15) is 0 Å². The standard InChI is InChI=1S/C9H17N5O/c1-7-6-12-9(14-10)13-8(7)11-4-2-3-5-15/h6,15H,2-5,10H2,1H3,(H2,11,12,13,14). The van der Waals surface area contributed by atoms with Gasteiger partial charge in [0, 0.05) is 24.9 Å². The third-order valence-electron chi connectivity index (χ3n) is 1.98. The average Bonchev–Trinajstić information content (AvgIpc) is 2.26. The van der Waals surface area contributed by atoms with E-state index in [4.69, 9.17) is 10.9 Å². The van der Waals surface area contributed by atoms with Gasteiger partial charge in [0.1, 0.15) is 5.82 Å². The Hall–Kier alpha value is -1.40. The summed E-state index contributed by atoms with van der Waals surface area (Å²) in [6.07, 6.45) is 3.40. The molecular weight excluding hydrogens is 194 g/mol. The van der Waals surface area contributed by atoms with Crippen molar-refractivity contribution in [3.05, 3.63) is 11.8 Å². The highest BCUT2D eigenvalue weighted by molar-refractivity contribution is 5.45. The van der Waals surface area contributed by atoms with Gasteiger partial charge in [0.05, 0.1) is 0 Å². The minimum Gasteiger partial charge on any atom is -0.396 e. The van der Waals surface area contributed by atoms with Gasteiger partial charge >= 0.3 is 0 Å². The number of aliphatic hydroxyl groups is 1. The molecule has 0 aliphatic carbocycles. The fourth-order valence-corrected chi connectivity index (χ4v) is 1.13. The Morgan fingerprint density at radius 1 is 1.47 bits per heavy atom. The number of nitrogen functional groups attached to an aromatic ring is 1. The Kier molecular flexibility index (Phi) is 4.79. The molecule has 0 bridgehead atoms. The van der Waals surface area contributed by atoms with Crippen molar-refractivity contribution in [2.45, 2.75) is 19.8 Å². The lowest BCUT2D eigenvalue weighted by atomic mass is 10.3. The number of rotatable bonds is 6. The van der Waals surface area contributed by atoms with Crippen LogP contribution in [0, 0.1) is 6.92 Å². The van der Waals surface area contributed by atoms with Gasteiger partial charge in [-0.15, -0.1) is 0 Å². The number of anilines is 2. The van der Waals surface area contributed by atoms with E-state index in [0.717, 1.165) is 30.8 Å². The number of aryl methyl sites for hydroxylation is 1. The van der Waals surface area contributed by atoms with Gasteiger partial charge in [-0.1, -0.05) is 0 Å². The lowest BCUT2D eigenvalue weighted by Crippen LogP contribution is -2.13. The van der Waals surface area contributed by atoms with Gasteiger partial charge in [-0.05, 0) is 19.8 Å². The van der Waals surface area contributed by atoms with Crippen molar-refractivity contribution in [3.8, 4) is 0 Å². The van der Waals surface area contributed by atoms with E-state index in [0.29, 0.717) is 5.95 Å². The highest BCUT2D eigenvalue weighted by atomic mass is 16.2. The molecule has 1 rings (SSSR count). The molecule has 6 nitrogen and oxygen atoms in total. The summed E-state index contributed by atoms with van der Waals surface area (Å²) in [5.41, 5.74) is 3.36. The topological polar surface area (TPSA) is 96.1 Å². The average molecular weight is 211 g/mol. The van der Waals surface area contributed by atoms with Crippen LogP contribution in [0.25, 0.3) is 0 Å². The molecule has 1 aromatic rings. The molecule has 5 N–H and O–H groups in total. The van der Waals surface area contributed by atoms with Crippen molar-refractivity contribution in [1.29, 1.82) is 0 Å². The van der Waals surface area contributed by atoms with E-state index in [1.807, 2.05) is 6.92 Å². The normalized spacial score (nSPS) is 10.1. The van der Waals surface area contributed by atoms with Crippen molar-refractivity contribution in [1.82, 2.24) is 9.97 Å². The number of unbranched alkanes of at least 4 members (excludes halogenated alkanes) is 1. The van der Waals surface area contributed by atoms with E-state index < -0.39 is 0 Å². The number of hydrazine groups is 1. The summed E-state index contributed by atoms with van der Waals surface area (Å²) < 4.78 is 0. The van der Waals surface area contributed by atoms with Gasteiger partial charge in [-0.2, -0.15) is 4.98 Å². The zero-order chi connectivity index (χ0) is 11.1. The molecule has 0 saturated heterocycles. The molecule has 0 saturated carbocycles. The molecule has 6 heteroatoms. The van der Waals surface area contributed by atoms with Gasteiger partial charge in [-0.3, -0.25) is 5.43 Å². The number of nitrogens with two attached hydrogens (primary N) is 1. The van der Waals surface area contributed by atoms with Crippen LogP contribution < -0.4 is 16.6 Å². The second-order valence-corrected chi connectivity index (χ2v) is 3.23. The van der Waals surface area contributed by atoms with Crippen molar-refractivity contribution in [3.63, 3.8) is 0 Å². The Bertz CT molecular complexity index is 305. The molecule has 0 radical (unpaired) electrons. The van der Waals surface area contributed by atoms with Crippen LogP contribution in [0.2, 0.25) is 0 Å². The monoisotopic (exact) mass is 211 g/mol. The molecule has 0 atom stereocenters. The van der Waals surface area contributed by atoms with Crippen LogP contribution >= 0.6 is 0 Å². The maximum atomic E-state index is 8.62. The van der Waals surface area contributed by atoms with Gasteiger partial charge in [0.25, 0.3) is 0 Å². The molecule has 15 heavy (non-hydrogen) atoms. The molecule has 1 heterocycles. The Balaban J connectivity index is 2.51. The summed E-state index contributed by atoms with van der Waals surface area (Å²) in [6, 6.07) is 0. The molecule has 84 valence electrons. The Morgan fingerprint density at radius 3 is 2.93 bits per heavy atom. The summed E-state index contributed by atoms with van der Waals surface area (Å²) in [6.45, 7) is 2.93. The lowest BCUT2D eigenvalue weighted by molar-refractivity contribution is 0.286. The van der Waals surface area contributed by atoms with Gasteiger partial charge in [0.2, 0.25) is 5.95 Å². The molecule has 0 amide bonds. The van der Waals surface area contributed by atoms with Crippen LogP contribution in [0.1, 0.15) is 18.4 Å². The zero-order valence-corrected chi connectivity index (χ0v) is 8.82. The summed E-state index contributed by atoms with van der Waals surface area (Å²) >= 11 is 0. The molecule has 0 unspecified atom stereocenters. The first-order valence-electron chi connectivity index (χ1n) is 4.93. The first kappa shape index (κ1) is 11.7. The van der Waals surface area contributed by atoms with Crippen molar-refractivity contribution in [2.24, 2.45) is 5.84 Å². The molecule has 0 aliphatic heterocycles. The largest absolute Gasteiger partial charge is 0.396 e. The first-order valence-corrected chi connectivity index (χ1v) is 4.93. The van der Waals surface area contributed by atoms with Gasteiger partial charge in [0.15, 0.2) is 0 Å². The number of aliphatic hydroxyl groups excluding tert-OH is 1. The Morgan fingerprint density at radius 2 is 2.27 bits per heavy atom. The van der Waals surface area contributed by atoms with Crippen LogP contribution in [0.3, 0.4) is 0 Å². The number of nitrogens with one attached hydrogen (secondary N) is 2. The number of nitrogens with zero attached hydrogens (tertiary/aromatic N) is 2. The lowest BCUT2D eigenvalue weighted by Gasteiger charge is -2.08. The highest BCUT2D eigenvalue weighted by Crippen LogP contribution is 2.11. The SMILES string of the molecule is Cc1cnc(NN)nc1NCCCCO. The molecular formula is C9H17N5O. The van der Waals surface area contributed by atoms with Crippen LogP contribution in [-0.2, 0) is 0 Å². The Labute approximate surface area is 88.9 Å². The molecule has 0 aromatic carbocycles. The number of aromatic nitrogens is 2.